The minimum absolute atomic E-state index is 0.0764. The van der Waals surface area contributed by atoms with Crippen molar-refractivity contribution < 1.29 is 8.42 Å². The Morgan fingerprint density at radius 3 is 2.65 bits per heavy atom. The second-order valence-electron chi connectivity index (χ2n) is 5.50. The summed E-state index contributed by atoms with van der Waals surface area (Å²) in [6.45, 7) is 1.24. The van der Waals surface area contributed by atoms with Crippen LogP contribution < -0.4 is 4.72 Å². The van der Waals surface area contributed by atoms with Gasteiger partial charge in [-0.15, -0.1) is 0 Å². The average molecular weight is 374 g/mol. The van der Waals surface area contributed by atoms with Crippen molar-refractivity contribution in [2.45, 2.75) is 37.1 Å². The van der Waals surface area contributed by atoms with Crippen molar-refractivity contribution in [2.75, 3.05) is 6.54 Å². The number of imidazole rings is 1. The molecule has 5 nitrogen and oxygen atoms in total. The van der Waals surface area contributed by atoms with Crippen LogP contribution in [0.1, 0.15) is 24.4 Å². The number of aryl methyl sites for hydroxylation is 2. The van der Waals surface area contributed by atoms with Gasteiger partial charge >= 0.3 is 0 Å². The Kier molecular flexibility index (Phi) is 4.96. The molecule has 0 fully saturated rings. The molecule has 2 aromatic rings. The number of sulfonamides is 1. The Labute approximate surface area is 145 Å². The monoisotopic (exact) mass is 373 g/mol. The van der Waals surface area contributed by atoms with Gasteiger partial charge < -0.3 is 4.57 Å². The summed E-state index contributed by atoms with van der Waals surface area (Å²) in [5, 5.41) is 0.227. The fraction of sp³-hybridized carbons (Fsp3) is 0.400. The minimum atomic E-state index is -3.74. The first-order valence-corrected chi connectivity index (χ1v) is 9.70. The maximum absolute atomic E-state index is 12.4. The maximum atomic E-state index is 12.4. The van der Waals surface area contributed by atoms with Gasteiger partial charge in [0.1, 0.15) is 10.7 Å². The van der Waals surface area contributed by atoms with E-state index in [0.29, 0.717) is 6.42 Å². The van der Waals surface area contributed by atoms with Crippen LogP contribution in [0.3, 0.4) is 0 Å². The Balaban J connectivity index is 1.67. The van der Waals surface area contributed by atoms with Crippen LogP contribution in [0.25, 0.3) is 0 Å². The van der Waals surface area contributed by atoms with E-state index in [1.165, 1.54) is 18.6 Å². The third-order valence-electron chi connectivity index (χ3n) is 3.82. The molecular formula is C15H17Cl2N3O2S. The molecule has 3 rings (SSSR count). The first-order valence-electron chi connectivity index (χ1n) is 7.46. The molecule has 0 radical (unpaired) electrons. The molecule has 0 aliphatic carbocycles. The second-order valence-corrected chi connectivity index (χ2v) is 8.02. The maximum Gasteiger partial charge on any atom is 0.243 e. The van der Waals surface area contributed by atoms with E-state index in [4.69, 9.17) is 23.2 Å². The number of hydrogen-bond acceptors (Lipinski definition) is 3. The fourth-order valence-corrected chi connectivity index (χ4v) is 4.89. The van der Waals surface area contributed by atoms with Gasteiger partial charge in [0, 0.05) is 32.1 Å². The summed E-state index contributed by atoms with van der Waals surface area (Å²) >= 11 is 11.9. The number of aromatic nitrogens is 2. The van der Waals surface area contributed by atoms with Crippen molar-refractivity contribution >= 4 is 33.2 Å². The number of hydrogen-bond donors (Lipinski definition) is 1. The van der Waals surface area contributed by atoms with Gasteiger partial charge in [0.2, 0.25) is 10.0 Å². The molecule has 1 aromatic heterocycles. The summed E-state index contributed by atoms with van der Waals surface area (Å²) in [6.07, 6.45) is 5.85. The van der Waals surface area contributed by atoms with Crippen molar-refractivity contribution in [1.29, 1.82) is 0 Å². The highest BCUT2D eigenvalue weighted by Crippen LogP contribution is 2.28. The van der Waals surface area contributed by atoms with E-state index < -0.39 is 10.0 Å². The molecule has 2 heterocycles. The van der Waals surface area contributed by atoms with Gasteiger partial charge in [-0.1, -0.05) is 29.3 Å². The summed E-state index contributed by atoms with van der Waals surface area (Å²) < 4.78 is 29.4. The fourth-order valence-electron chi connectivity index (χ4n) is 2.72. The van der Waals surface area contributed by atoms with E-state index in [9.17, 15) is 8.42 Å². The molecule has 0 saturated heterocycles. The van der Waals surface area contributed by atoms with Gasteiger partial charge in [0.15, 0.2) is 0 Å². The first kappa shape index (κ1) is 16.8. The Hall–Kier alpha value is -1.08. The van der Waals surface area contributed by atoms with Crippen molar-refractivity contribution in [3.05, 3.63) is 46.0 Å². The average Bonchev–Trinajstić information content (AvgIpc) is 2.89. The number of nitrogens with zero attached hydrogens (tertiary/aromatic N) is 2. The van der Waals surface area contributed by atoms with Crippen molar-refractivity contribution in [3.8, 4) is 0 Å². The molecule has 1 aromatic carbocycles. The van der Waals surface area contributed by atoms with Gasteiger partial charge in [-0.25, -0.2) is 18.1 Å². The standard InChI is InChI=1S/C15H17Cl2N3O2S/c16-12-4-3-5-13(17)15(12)23(21,22)18-8-7-11-10-20-9-2-1-6-14(20)19-11/h3-5,10,18H,1-2,6-9H2. The van der Waals surface area contributed by atoms with E-state index in [1.807, 2.05) is 6.20 Å². The van der Waals surface area contributed by atoms with Crippen LogP contribution in [0, 0.1) is 0 Å². The Morgan fingerprint density at radius 2 is 1.96 bits per heavy atom. The lowest BCUT2D eigenvalue weighted by Crippen LogP contribution is -2.26. The molecular weight excluding hydrogens is 357 g/mol. The van der Waals surface area contributed by atoms with E-state index >= 15 is 0 Å². The molecule has 1 aliphatic rings. The zero-order valence-electron chi connectivity index (χ0n) is 12.4. The largest absolute Gasteiger partial charge is 0.335 e. The van der Waals surface area contributed by atoms with Crippen molar-refractivity contribution in [1.82, 2.24) is 14.3 Å². The molecule has 0 bridgehead atoms. The topological polar surface area (TPSA) is 64.0 Å². The predicted octanol–water partition coefficient (Wildman–Crippen LogP) is 3.05. The number of fused-ring (bicyclic) bond motifs is 1. The molecule has 0 atom stereocenters. The highest BCUT2D eigenvalue weighted by molar-refractivity contribution is 7.89. The highest BCUT2D eigenvalue weighted by atomic mass is 35.5. The quantitative estimate of drug-likeness (QED) is 0.875. The lowest BCUT2D eigenvalue weighted by Gasteiger charge is -2.11. The van der Waals surface area contributed by atoms with Crippen LogP contribution in [0.15, 0.2) is 29.3 Å². The van der Waals surface area contributed by atoms with Crippen LogP contribution in [-0.2, 0) is 29.4 Å². The molecule has 1 aliphatic heterocycles. The molecule has 0 spiro atoms. The van der Waals surface area contributed by atoms with Crippen LogP contribution in [-0.4, -0.2) is 24.5 Å². The van der Waals surface area contributed by atoms with Gasteiger partial charge in [0.05, 0.1) is 15.7 Å². The molecule has 1 N–H and O–H groups in total. The van der Waals surface area contributed by atoms with Crippen molar-refractivity contribution in [2.24, 2.45) is 0 Å². The van der Waals surface area contributed by atoms with Crippen LogP contribution in [0.2, 0.25) is 10.0 Å². The Bertz CT molecular complexity index is 774. The lowest BCUT2D eigenvalue weighted by molar-refractivity contribution is 0.522. The van der Waals surface area contributed by atoms with Gasteiger partial charge in [-0.3, -0.25) is 0 Å². The van der Waals surface area contributed by atoms with E-state index in [2.05, 4.69) is 14.3 Å². The summed E-state index contributed by atoms with van der Waals surface area (Å²) in [5.41, 5.74) is 0.898. The van der Waals surface area contributed by atoms with E-state index in [-0.39, 0.29) is 21.5 Å². The number of halogens is 2. The summed E-state index contributed by atoms with van der Waals surface area (Å²) in [4.78, 5) is 4.48. The molecule has 0 unspecified atom stereocenters. The van der Waals surface area contributed by atoms with Gasteiger partial charge in [0.25, 0.3) is 0 Å². The molecule has 0 amide bonds. The predicted molar refractivity (Wildman–Crippen MR) is 90.5 cm³/mol. The smallest absolute Gasteiger partial charge is 0.243 e. The van der Waals surface area contributed by atoms with E-state index in [1.54, 1.807) is 6.07 Å². The number of benzene rings is 1. The van der Waals surface area contributed by atoms with Crippen LogP contribution >= 0.6 is 23.2 Å². The molecule has 124 valence electrons. The van der Waals surface area contributed by atoms with Crippen LogP contribution in [0.4, 0.5) is 0 Å². The summed E-state index contributed by atoms with van der Waals surface area (Å²) in [5.74, 6) is 1.09. The molecule has 0 saturated carbocycles. The van der Waals surface area contributed by atoms with Gasteiger partial charge in [-0.05, 0) is 25.0 Å². The summed E-state index contributed by atoms with van der Waals surface area (Å²) in [6, 6.07) is 4.62. The number of rotatable bonds is 5. The summed E-state index contributed by atoms with van der Waals surface area (Å²) in [7, 11) is -3.74. The normalized spacial score (nSPS) is 14.7. The second kappa shape index (κ2) is 6.81. The zero-order chi connectivity index (χ0) is 16.4. The first-order chi connectivity index (χ1) is 11.0. The molecule has 8 heteroatoms. The minimum Gasteiger partial charge on any atom is -0.335 e. The third-order valence-corrected chi connectivity index (χ3v) is 6.23. The van der Waals surface area contributed by atoms with Crippen LogP contribution in [0.5, 0.6) is 0 Å². The number of nitrogens with one attached hydrogen (secondary N) is 1. The Morgan fingerprint density at radius 1 is 1.22 bits per heavy atom. The highest BCUT2D eigenvalue weighted by Gasteiger charge is 2.21. The SMILES string of the molecule is O=S(=O)(NCCc1cn2c(n1)CCCC2)c1c(Cl)cccc1Cl. The zero-order valence-corrected chi connectivity index (χ0v) is 14.8. The van der Waals surface area contributed by atoms with Gasteiger partial charge in [-0.2, -0.15) is 0 Å². The lowest BCUT2D eigenvalue weighted by atomic mass is 10.2. The molecule has 23 heavy (non-hydrogen) atoms. The third kappa shape index (κ3) is 3.71. The van der Waals surface area contributed by atoms with Crippen molar-refractivity contribution in [3.63, 3.8) is 0 Å². The van der Waals surface area contributed by atoms with E-state index in [0.717, 1.165) is 30.9 Å².